The Kier molecular flexibility index (Phi) is 4.70. The summed E-state index contributed by atoms with van der Waals surface area (Å²) in [5.41, 5.74) is 1.65. The van der Waals surface area contributed by atoms with Gasteiger partial charge in [0.05, 0.1) is 11.9 Å². The predicted octanol–water partition coefficient (Wildman–Crippen LogP) is -0.274. The summed E-state index contributed by atoms with van der Waals surface area (Å²) in [6.45, 7) is 0. The van der Waals surface area contributed by atoms with Crippen molar-refractivity contribution in [2.45, 2.75) is 6.23 Å². The fourth-order valence-electron chi connectivity index (χ4n) is 2.13. The van der Waals surface area contributed by atoms with Crippen LogP contribution in [0.4, 0.5) is 17.2 Å². The summed E-state index contributed by atoms with van der Waals surface area (Å²) < 4.78 is 0. The lowest BCUT2D eigenvalue weighted by atomic mass is 9.81. The largest absolute Gasteiger partial charge is 0.493 e. The molecule has 0 radical (unpaired) electrons. The minimum atomic E-state index is -1.73. The first kappa shape index (κ1) is 15.9. The molecule has 122 valence electrons. The standard InChI is InChI=1S/C14H15BN6O3/c22-14(19-9-4-2-1-3-5-9)12-11(7-18-21-12)20-13-10(15(23)24)6-16-8-17-13/h1-8,14,19,22-24H,(H,18,21)(H,16,17,20). The van der Waals surface area contributed by atoms with Gasteiger partial charge in [0.2, 0.25) is 0 Å². The number of rotatable bonds is 6. The fourth-order valence-corrected chi connectivity index (χ4v) is 2.13. The maximum atomic E-state index is 10.3. The van der Waals surface area contributed by atoms with Crippen molar-refractivity contribution in [3.63, 3.8) is 0 Å². The normalized spacial score (nSPS) is 11.8. The Labute approximate surface area is 137 Å². The molecule has 0 bridgehead atoms. The highest BCUT2D eigenvalue weighted by atomic mass is 16.4. The van der Waals surface area contributed by atoms with Crippen molar-refractivity contribution in [1.29, 1.82) is 0 Å². The Balaban J connectivity index is 1.81. The number of H-pyrrole nitrogens is 1. The molecule has 0 aliphatic heterocycles. The maximum absolute atomic E-state index is 10.3. The van der Waals surface area contributed by atoms with E-state index < -0.39 is 13.3 Å². The highest BCUT2D eigenvalue weighted by Crippen LogP contribution is 2.24. The van der Waals surface area contributed by atoms with Gasteiger partial charge in [-0.25, -0.2) is 9.97 Å². The van der Waals surface area contributed by atoms with Crippen molar-refractivity contribution < 1.29 is 15.2 Å². The highest BCUT2D eigenvalue weighted by Gasteiger charge is 2.20. The molecule has 0 aliphatic rings. The van der Waals surface area contributed by atoms with Crippen LogP contribution in [0.2, 0.25) is 0 Å². The monoisotopic (exact) mass is 326 g/mol. The Morgan fingerprint density at radius 2 is 1.92 bits per heavy atom. The number of anilines is 3. The van der Waals surface area contributed by atoms with Crippen LogP contribution in [0.25, 0.3) is 0 Å². The lowest BCUT2D eigenvalue weighted by Gasteiger charge is -2.15. The van der Waals surface area contributed by atoms with Crippen LogP contribution in [0, 0.1) is 0 Å². The summed E-state index contributed by atoms with van der Waals surface area (Å²) in [6.07, 6.45) is 2.97. The van der Waals surface area contributed by atoms with E-state index in [1.807, 2.05) is 30.3 Å². The molecule has 10 heteroatoms. The first-order valence-electron chi connectivity index (χ1n) is 7.11. The van der Waals surface area contributed by atoms with E-state index in [2.05, 4.69) is 30.8 Å². The van der Waals surface area contributed by atoms with Crippen LogP contribution in [0.1, 0.15) is 11.9 Å². The molecule has 0 saturated heterocycles. The number of nitrogens with zero attached hydrogens (tertiary/aromatic N) is 3. The summed E-state index contributed by atoms with van der Waals surface area (Å²) in [5.74, 6) is 0.203. The minimum absolute atomic E-state index is 0.107. The molecule has 0 amide bonds. The topological polar surface area (TPSA) is 139 Å². The quantitative estimate of drug-likeness (QED) is 0.269. The van der Waals surface area contributed by atoms with Gasteiger partial charge in [0.15, 0.2) is 6.23 Å². The van der Waals surface area contributed by atoms with Crippen molar-refractivity contribution in [2.75, 3.05) is 10.6 Å². The second kappa shape index (κ2) is 7.09. The zero-order valence-electron chi connectivity index (χ0n) is 12.5. The third kappa shape index (κ3) is 3.51. The lowest BCUT2D eigenvalue weighted by molar-refractivity contribution is 0.204. The molecule has 6 N–H and O–H groups in total. The molecule has 1 atom stereocenters. The predicted molar refractivity (Wildman–Crippen MR) is 88.8 cm³/mol. The number of hydrogen-bond donors (Lipinski definition) is 6. The van der Waals surface area contributed by atoms with Gasteiger partial charge in [-0.05, 0) is 12.1 Å². The molecule has 3 rings (SSSR count). The number of aromatic amines is 1. The van der Waals surface area contributed by atoms with Gasteiger partial charge < -0.3 is 25.8 Å². The Hall–Kier alpha value is -2.95. The number of benzene rings is 1. The molecule has 2 heterocycles. The van der Waals surface area contributed by atoms with Gasteiger partial charge in [-0.15, -0.1) is 0 Å². The van der Waals surface area contributed by atoms with Crippen molar-refractivity contribution in [3.8, 4) is 0 Å². The maximum Gasteiger partial charge on any atom is 0.493 e. The Morgan fingerprint density at radius 3 is 2.67 bits per heavy atom. The third-order valence-electron chi connectivity index (χ3n) is 3.29. The van der Waals surface area contributed by atoms with Crippen LogP contribution in [0.15, 0.2) is 49.1 Å². The van der Waals surface area contributed by atoms with Crippen LogP contribution in [-0.2, 0) is 0 Å². The minimum Gasteiger partial charge on any atom is -0.423 e. The lowest BCUT2D eigenvalue weighted by Crippen LogP contribution is -2.33. The van der Waals surface area contributed by atoms with Crippen molar-refractivity contribution in [2.24, 2.45) is 0 Å². The van der Waals surface area contributed by atoms with Gasteiger partial charge in [-0.3, -0.25) is 5.10 Å². The smallest absolute Gasteiger partial charge is 0.423 e. The van der Waals surface area contributed by atoms with Crippen LogP contribution in [0.3, 0.4) is 0 Å². The van der Waals surface area contributed by atoms with Crippen molar-refractivity contribution in [3.05, 3.63) is 54.7 Å². The van der Waals surface area contributed by atoms with Crippen LogP contribution < -0.4 is 16.1 Å². The number of para-hydroxylation sites is 1. The molecule has 2 aromatic heterocycles. The SMILES string of the molecule is OB(O)c1cncnc1Nc1cn[nH]c1C(O)Nc1ccccc1. The first-order chi connectivity index (χ1) is 11.6. The average Bonchev–Trinajstić information content (AvgIpc) is 3.04. The summed E-state index contributed by atoms with van der Waals surface area (Å²) in [4.78, 5) is 7.73. The van der Waals surface area contributed by atoms with Crippen LogP contribution >= 0.6 is 0 Å². The van der Waals surface area contributed by atoms with Crippen LogP contribution in [0.5, 0.6) is 0 Å². The van der Waals surface area contributed by atoms with E-state index >= 15 is 0 Å². The van der Waals surface area contributed by atoms with E-state index in [1.165, 1.54) is 18.7 Å². The van der Waals surface area contributed by atoms with E-state index in [0.717, 1.165) is 5.69 Å². The molecule has 1 unspecified atom stereocenters. The Morgan fingerprint density at radius 1 is 1.12 bits per heavy atom. The van der Waals surface area contributed by atoms with Gasteiger partial charge in [0, 0.05) is 17.3 Å². The van der Waals surface area contributed by atoms with E-state index in [9.17, 15) is 15.2 Å². The van der Waals surface area contributed by atoms with Crippen LogP contribution in [-0.4, -0.2) is 42.4 Å². The molecular formula is C14H15BN6O3. The third-order valence-corrected chi connectivity index (χ3v) is 3.29. The number of hydrogen-bond acceptors (Lipinski definition) is 8. The number of aromatic nitrogens is 4. The highest BCUT2D eigenvalue weighted by molar-refractivity contribution is 6.60. The summed E-state index contributed by atoms with van der Waals surface area (Å²) in [7, 11) is -1.73. The summed E-state index contributed by atoms with van der Waals surface area (Å²) >= 11 is 0. The molecule has 0 spiro atoms. The molecule has 0 fully saturated rings. The van der Waals surface area contributed by atoms with Gasteiger partial charge in [-0.2, -0.15) is 5.10 Å². The van der Waals surface area contributed by atoms with E-state index in [4.69, 9.17) is 0 Å². The molecule has 24 heavy (non-hydrogen) atoms. The summed E-state index contributed by atoms with van der Waals surface area (Å²) in [6, 6.07) is 9.19. The van der Waals surface area contributed by atoms with E-state index in [-0.39, 0.29) is 11.3 Å². The van der Waals surface area contributed by atoms with Gasteiger partial charge in [0.1, 0.15) is 17.8 Å². The second-order valence-electron chi connectivity index (χ2n) is 4.94. The van der Waals surface area contributed by atoms with Crippen molar-refractivity contribution >= 4 is 29.8 Å². The van der Waals surface area contributed by atoms with E-state index in [0.29, 0.717) is 11.4 Å². The van der Waals surface area contributed by atoms with Gasteiger partial charge in [0.25, 0.3) is 0 Å². The second-order valence-corrected chi connectivity index (χ2v) is 4.94. The molecule has 1 aromatic carbocycles. The molecule has 0 saturated carbocycles. The fraction of sp³-hybridized carbons (Fsp3) is 0.0714. The molecular weight excluding hydrogens is 311 g/mol. The number of nitrogens with one attached hydrogen (secondary N) is 3. The zero-order valence-corrected chi connectivity index (χ0v) is 12.5. The molecule has 9 nitrogen and oxygen atoms in total. The van der Waals surface area contributed by atoms with Gasteiger partial charge >= 0.3 is 7.12 Å². The average molecular weight is 326 g/mol. The van der Waals surface area contributed by atoms with Gasteiger partial charge in [-0.1, -0.05) is 18.2 Å². The Bertz CT molecular complexity index is 798. The molecule has 0 aliphatic carbocycles. The number of aliphatic hydroxyl groups is 1. The number of aliphatic hydroxyl groups excluding tert-OH is 1. The molecule has 3 aromatic rings. The van der Waals surface area contributed by atoms with Crippen molar-refractivity contribution in [1.82, 2.24) is 20.2 Å². The first-order valence-corrected chi connectivity index (χ1v) is 7.11. The zero-order chi connectivity index (χ0) is 16.9. The summed E-state index contributed by atoms with van der Waals surface area (Å²) in [5, 5.41) is 41.5. The van der Waals surface area contributed by atoms with E-state index in [1.54, 1.807) is 0 Å².